The predicted octanol–water partition coefficient (Wildman–Crippen LogP) is 5.36. The molecule has 0 spiro atoms. The normalized spacial score (nSPS) is 12.3. The van der Waals surface area contributed by atoms with Crippen LogP contribution >= 0.6 is 10.0 Å². The number of aromatic nitrogens is 3. The standard InChI is InChI=1S/C24H31FN4O4S/c1-23(2,3)32-21(30)29(22(31)33-24(4,5)6)20-18(10-11-34(7,8)9)28-19(15-27-20)16-12-17(25)14-26-13-16/h12-15H,1-9H3. The molecule has 2 aromatic heterocycles. The number of halogens is 1. The number of ether oxygens (including phenoxy) is 2. The lowest BCUT2D eigenvalue weighted by Crippen LogP contribution is -2.44. The van der Waals surface area contributed by atoms with E-state index in [1.807, 2.05) is 18.8 Å². The monoisotopic (exact) mass is 490 g/mol. The van der Waals surface area contributed by atoms with E-state index >= 15 is 0 Å². The molecule has 0 aliphatic heterocycles. The van der Waals surface area contributed by atoms with E-state index in [0.29, 0.717) is 10.5 Å². The molecule has 2 aromatic rings. The van der Waals surface area contributed by atoms with Gasteiger partial charge in [-0.2, -0.15) is 14.9 Å². The minimum absolute atomic E-state index is 0.0425. The molecule has 34 heavy (non-hydrogen) atoms. The van der Waals surface area contributed by atoms with Crippen molar-refractivity contribution < 1.29 is 23.5 Å². The van der Waals surface area contributed by atoms with Gasteiger partial charge in [-0.15, -0.1) is 0 Å². The zero-order chi connectivity index (χ0) is 25.9. The number of nitrogens with zero attached hydrogens (tertiary/aromatic N) is 4. The van der Waals surface area contributed by atoms with Gasteiger partial charge >= 0.3 is 12.2 Å². The molecular formula is C24H31FN4O4S. The topological polar surface area (TPSA) is 94.5 Å². The van der Waals surface area contributed by atoms with Gasteiger partial charge < -0.3 is 9.47 Å². The molecule has 0 bridgehead atoms. The van der Waals surface area contributed by atoms with E-state index < -0.39 is 39.2 Å². The lowest BCUT2D eigenvalue weighted by atomic mass is 10.2. The zero-order valence-electron chi connectivity index (χ0n) is 21.0. The number of carbonyl (C=O) groups is 2. The smallest absolute Gasteiger partial charge is 0.425 e. The lowest BCUT2D eigenvalue weighted by Gasteiger charge is -2.28. The Morgan fingerprint density at radius 2 is 1.53 bits per heavy atom. The molecule has 2 amide bonds. The number of imide groups is 1. The van der Waals surface area contributed by atoms with Crippen molar-refractivity contribution in [1.29, 1.82) is 0 Å². The Morgan fingerprint density at radius 3 is 2.00 bits per heavy atom. The molecule has 0 aliphatic rings. The Balaban J connectivity index is 2.72. The molecule has 0 radical (unpaired) electrons. The van der Waals surface area contributed by atoms with Gasteiger partial charge in [0.2, 0.25) is 0 Å². The maximum atomic E-state index is 13.7. The fourth-order valence-electron chi connectivity index (χ4n) is 2.39. The summed E-state index contributed by atoms with van der Waals surface area (Å²) >= 11 is 0. The van der Waals surface area contributed by atoms with Crippen molar-refractivity contribution in [2.45, 2.75) is 52.7 Å². The van der Waals surface area contributed by atoms with E-state index in [-0.39, 0.29) is 17.2 Å². The second-order valence-electron chi connectivity index (χ2n) is 10.2. The van der Waals surface area contributed by atoms with Gasteiger partial charge in [0, 0.05) is 11.8 Å². The highest BCUT2D eigenvalue weighted by Crippen LogP contribution is 2.33. The summed E-state index contributed by atoms with van der Waals surface area (Å²) in [5, 5.41) is 3.11. The summed E-state index contributed by atoms with van der Waals surface area (Å²) in [6.07, 6.45) is 7.78. The number of hydrogen-bond donors (Lipinski definition) is 0. The van der Waals surface area contributed by atoms with Gasteiger partial charge in [-0.1, -0.05) is 0 Å². The van der Waals surface area contributed by atoms with Gasteiger partial charge in [0.1, 0.15) is 17.0 Å². The number of anilines is 1. The first-order valence-corrected chi connectivity index (χ1v) is 13.3. The lowest BCUT2D eigenvalue weighted by molar-refractivity contribution is 0.0428. The van der Waals surface area contributed by atoms with E-state index in [4.69, 9.17) is 9.47 Å². The zero-order valence-corrected chi connectivity index (χ0v) is 21.8. The van der Waals surface area contributed by atoms with Crippen LogP contribution in [0.3, 0.4) is 0 Å². The fourth-order valence-corrected chi connectivity index (χ4v) is 2.79. The third-order valence-corrected chi connectivity index (χ3v) is 4.31. The molecule has 0 N–H and O–H groups in total. The van der Waals surface area contributed by atoms with E-state index in [1.54, 1.807) is 41.5 Å². The molecule has 0 aliphatic carbocycles. The van der Waals surface area contributed by atoms with E-state index in [9.17, 15) is 14.0 Å². The van der Waals surface area contributed by atoms with Gasteiger partial charge in [-0.25, -0.2) is 23.9 Å². The first-order chi connectivity index (χ1) is 15.5. The molecule has 0 unspecified atom stereocenters. The fraction of sp³-hybridized carbons (Fsp3) is 0.458. The highest BCUT2D eigenvalue weighted by atomic mass is 32.3. The molecule has 2 heterocycles. The number of rotatable bonds is 2. The van der Waals surface area contributed by atoms with Crippen LogP contribution in [0, 0.1) is 17.0 Å². The maximum Gasteiger partial charge on any atom is 0.425 e. The van der Waals surface area contributed by atoms with Gasteiger partial charge in [0.25, 0.3) is 0 Å². The summed E-state index contributed by atoms with van der Waals surface area (Å²) in [6.45, 7) is 10.0. The minimum Gasteiger partial charge on any atom is -0.443 e. The van der Waals surface area contributed by atoms with E-state index in [1.165, 1.54) is 18.5 Å². The first kappa shape index (κ1) is 27.1. The highest BCUT2D eigenvalue weighted by molar-refractivity contribution is 8.35. The van der Waals surface area contributed by atoms with Crippen LogP contribution in [0.15, 0.2) is 24.7 Å². The molecule has 184 valence electrons. The predicted molar refractivity (Wildman–Crippen MR) is 132 cm³/mol. The summed E-state index contributed by atoms with van der Waals surface area (Å²) in [6, 6.07) is 1.25. The van der Waals surface area contributed by atoms with Gasteiger partial charge in [0.05, 0.1) is 18.1 Å². The van der Waals surface area contributed by atoms with Crippen molar-refractivity contribution in [3.63, 3.8) is 0 Å². The Hall–Kier alpha value is -3.19. The van der Waals surface area contributed by atoms with Crippen molar-refractivity contribution in [1.82, 2.24) is 15.0 Å². The Kier molecular flexibility index (Phi) is 7.94. The van der Waals surface area contributed by atoms with E-state index in [0.717, 1.165) is 6.20 Å². The van der Waals surface area contributed by atoms with Crippen molar-refractivity contribution in [3.05, 3.63) is 36.2 Å². The van der Waals surface area contributed by atoms with Crippen molar-refractivity contribution in [2.75, 3.05) is 23.7 Å². The Bertz CT molecular complexity index is 1110. The van der Waals surface area contributed by atoms with Gasteiger partial charge in [0.15, 0.2) is 11.5 Å². The molecule has 2 rings (SSSR count). The van der Waals surface area contributed by atoms with Crippen LogP contribution in [0.4, 0.5) is 19.8 Å². The number of carbonyl (C=O) groups excluding carboxylic acids is 2. The van der Waals surface area contributed by atoms with Crippen LogP contribution in [-0.4, -0.2) is 57.1 Å². The third-order valence-electron chi connectivity index (χ3n) is 3.59. The van der Waals surface area contributed by atoms with E-state index in [2.05, 4.69) is 26.1 Å². The molecule has 0 fully saturated rings. The first-order valence-electron chi connectivity index (χ1n) is 10.4. The number of hydrogen-bond acceptors (Lipinski definition) is 7. The summed E-state index contributed by atoms with van der Waals surface area (Å²) < 4.78 is 24.6. The number of pyridine rings is 1. The summed E-state index contributed by atoms with van der Waals surface area (Å²) in [7, 11) is -1.30. The van der Waals surface area contributed by atoms with Crippen LogP contribution < -0.4 is 4.90 Å². The minimum atomic E-state index is -1.30. The van der Waals surface area contributed by atoms with Crippen LogP contribution in [0.2, 0.25) is 0 Å². The summed E-state index contributed by atoms with van der Waals surface area (Å²) in [5.74, 6) is 2.25. The molecule has 8 nitrogen and oxygen atoms in total. The molecule has 0 saturated carbocycles. The quantitative estimate of drug-likeness (QED) is 0.523. The van der Waals surface area contributed by atoms with Gasteiger partial charge in [-0.3, -0.25) is 4.98 Å². The average Bonchev–Trinajstić information content (AvgIpc) is 2.63. The molecule has 0 atom stereocenters. The molecule has 10 heteroatoms. The van der Waals surface area contributed by atoms with Crippen LogP contribution in [0.25, 0.3) is 11.3 Å². The second kappa shape index (κ2) is 9.97. The molecular weight excluding hydrogens is 459 g/mol. The SMILES string of the molecule is CC(C)(C)OC(=O)N(C(=O)OC(C)(C)C)c1ncc(-c2cncc(F)c2)nc1C#CS(C)(C)C. The second-order valence-corrected chi connectivity index (χ2v) is 14.1. The molecule has 0 aromatic carbocycles. The van der Waals surface area contributed by atoms with Crippen LogP contribution in [-0.2, 0) is 9.47 Å². The number of amides is 2. The maximum absolute atomic E-state index is 13.7. The largest absolute Gasteiger partial charge is 0.443 e. The average molecular weight is 491 g/mol. The van der Waals surface area contributed by atoms with Crippen molar-refractivity contribution in [3.8, 4) is 22.4 Å². The third kappa shape index (κ3) is 8.30. The van der Waals surface area contributed by atoms with Crippen LogP contribution in [0.1, 0.15) is 47.2 Å². The summed E-state index contributed by atoms with van der Waals surface area (Å²) in [5.41, 5.74) is -1.09. The highest BCUT2D eigenvalue weighted by Gasteiger charge is 2.35. The summed E-state index contributed by atoms with van der Waals surface area (Å²) in [4.78, 5) is 39.4. The van der Waals surface area contributed by atoms with Crippen molar-refractivity contribution in [2.24, 2.45) is 0 Å². The molecule has 0 saturated heterocycles. The van der Waals surface area contributed by atoms with Crippen LogP contribution in [0.5, 0.6) is 0 Å². The Morgan fingerprint density at radius 1 is 0.971 bits per heavy atom. The Labute approximate surface area is 201 Å². The van der Waals surface area contributed by atoms with Crippen molar-refractivity contribution >= 4 is 28.0 Å². The van der Waals surface area contributed by atoms with Gasteiger partial charge in [-0.05, 0) is 77.5 Å².